The van der Waals surface area contributed by atoms with Crippen molar-refractivity contribution in [2.45, 2.75) is 41.9 Å². The van der Waals surface area contributed by atoms with Gasteiger partial charge in [-0.05, 0) is 42.8 Å². The van der Waals surface area contributed by atoms with Gasteiger partial charge in [0.25, 0.3) is 11.8 Å². The number of carbonyl (C=O) groups is 2. The van der Waals surface area contributed by atoms with Gasteiger partial charge in [0.05, 0.1) is 31.0 Å². The summed E-state index contributed by atoms with van der Waals surface area (Å²) in [4.78, 5) is 32.9. The Morgan fingerprint density at radius 3 is 2.42 bits per heavy atom. The Bertz CT molecular complexity index is 1310. The van der Waals surface area contributed by atoms with Gasteiger partial charge in [0.1, 0.15) is 0 Å². The van der Waals surface area contributed by atoms with Crippen LogP contribution < -0.4 is 4.90 Å². The molecule has 0 bridgehead atoms. The first kappa shape index (κ1) is 23.3. The molecular weight excluding hydrogens is 472 g/mol. The molecule has 3 aliphatic rings. The molecule has 6 rings (SSSR count). The van der Waals surface area contributed by atoms with Crippen molar-refractivity contribution >= 4 is 29.3 Å². The van der Waals surface area contributed by atoms with E-state index in [1.165, 1.54) is 5.56 Å². The topological polar surface area (TPSA) is 59.1 Å². The molecular formula is C29H28N2O4S. The summed E-state index contributed by atoms with van der Waals surface area (Å²) in [5.41, 5.74) is 4.25. The van der Waals surface area contributed by atoms with Gasteiger partial charge >= 0.3 is 0 Å². The van der Waals surface area contributed by atoms with Crippen LogP contribution in [0.25, 0.3) is 0 Å². The highest BCUT2D eigenvalue weighted by Crippen LogP contribution is 2.42. The largest absolute Gasteiger partial charge is 0.347 e. The lowest BCUT2D eigenvalue weighted by molar-refractivity contribution is -0.181. The van der Waals surface area contributed by atoms with E-state index in [0.717, 1.165) is 21.0 Å². The van der Waals surface area contributed by atoms with Crippen LogP contribution in [0.4, 0.5) is 5.69 Å². The third-order valence-corrected chi connectivity index (χ3v) is 8.31. The number of aryl methyl sites for hydroxylation is 1. The van der Waals surface area contributed by atoms with Crippen LogP contribution in [0.1, 0.15) is 44.7 Å². The number of piperidine rings is 1. The summed E-state index contributed by atoms with van der Waals surface area (Å²) in [5.74, 6) is -0.609. The molecule has 0 unspecified atom stereocenters. The minimum atomic E-state index is -0.524. The molecule has 6 nitrogen and oxygen atoms in total. The van der Waals surface area contributed by atoms with Crippen LogP contribution in [0.2, 0.25) is 0 Å². The fourth-order valence-electron chi connectivity index (χ4n) is 5.11. The van der Waals surface area contributed by atoms with E-state index in [1.807, 2.05) is 54.3 Å². The molecule has 1 spiro atoms. The molecule has 0 N–H and O–H groups in total. The van der Waals surface area contributed by atoms with Gasteiger partial charge in [0.2, 0.25) is 0 Å². The molecule has 3 aromatic carbocycles. The fourth-order valence-corrected chi connectivity index (χ4v) is 6.16. The van der Waals surface area contributed by atoms with Gasteiger partial charge in [0, 0.05) is 41.3 Å². The van der Waals surface area contributed by atoms with E-state index in [-0.39, 0.29) is 11.8 Å². The van der Waals surface area contributed by atoms with Gasteiger partial charge in [0.15, 0.2) is 5.79 Å². The number of anilines is 1. The zero-order valence-corrected chi connectivity index (χ0v) is 21.1. The third kappa shape index (κ3) is 4.32. The average Bonchev–Trinajstić information content (AvgIpc) is 3.32. The average molecular weight is 501 g/mol. The molecule has 2 saturated heterocycles. The van der Waals surface area contributed by atoms with Gasteiger partial charge < -0.3 is 19.3 Å². The first-order chi connectivity index (χ1) is 17.5. The Hall–Kier alpha value is -3.13. The molecule has 0 aromatic heterocycles. The fraction of sp³-hybridized carbons (Fsp3) is 0.310. The maximum absolute atomic E-state index is 13.8. The Balaban J connectivity index is 1.33. The van der Waals surface area contributed by atoms with Gasteiger partial charge in [-0.15, -0.1) is 0 Å². The molecule has 3 aliphatic heterocycles. The number of benzene rings is 3. The first-order valence-electron chi connectivity index (χ1n) is 12.4. The standard InChI is InChI=1S/C29H28N2O4S/c1-20-6-8-21(9-7-20)19-31-24-18-22(27(32)30-14-12-29(13-15-30)34-16-17-35-29)10-11-26(24)36-25-5-3-2-4-23(25)28(31)33/h2-11,18H,12-17,19H2,1H3. The van der Waals surface area contributed by atoms with Crippen molar-refractivity contribution in [3.05, 3.63) is 89.0 Å². The maximum Gasteiger partial charge on any atom is 0.259 e. The summed E-state index contributed by atoms with van der Waals surface area (Å²) in [6.07, 6.45) is 1.35. The van der Waals surface area contributed by atoms with E-state index in [0.29, 0.717) is 56.8 Å². The number of hydrogen-bond acceptors (Lipinski definition) is 5. The lowest BCUT2D eigenvalue weighted by Crippen LogP contribution is -2.47. The predicted octanol–water partition coefficient (Wildman–Crippen LogP) is 5.29. The summed E-state index contributed by atoms with van der Waals surface area (Å²) in [6.45, 7) is 4.88. The Kier molecular flexibility index (Phi) is 6.07. The van der Waals surface area contributed by atoms with Crippen LogP contribution in [0, 0.1) is 6.92 Å². The summed E-state index contributed by atoms with van der Waals surface area (Å²) in [7, 11) is 0. The van der Waals surface area contributed by atoms with Crippen LogP contribution in [-0.4, -0.2) is 48.8 Å². The maximum atomic E-state index is 13.8. The van der Waals surface area contributed by atoms with Crippen molar-refractivity contribution in [2.75, 3.05) is 31.2 Å². The molecule has 0 aliphatic carbocycles. The molecule has 36 heavy (non-hydrogen) atoms. The third-order valence-electron chi connectivity index (χ3n) is 7.17. The normalized spacial score (nSPS) is 18.6. The molecule has 184 valence electrons. The lowest BCUT2D eigenvalue weighted by Gasteiger charge is -2.37. The monoisotopic (exact) mass is 500 g/mol. The predicted molar refractivity (Wildman–Crippen MR) is 138 cm³/mol. The molecule has 3 aromatic rings. The van der Waals surface area contributed by atoms with E-state index in [4.69, 9.17) is 9.47 Å². The zero-order valence-electron chi connectivity index (χ0n) is 20.2. The van der Waals surface area contributed by atoms with Gasteiger partial charge in [-0.3, -0.25) is 9.59 Å². The first-order valence-corrected chi connectivity index (χ1v) is 13.2. The number of nitrogens with zero attached hydrogens (tertiary/aromatic N) is 2. The van der Waals surface area contributed by atoms with Crippen molar-refractivity contribution in [2.24, 2.45) is 0 Å². The van der Waals surface area contributed by atoms with Crippen LogP contribution in [0.5, 0.6) is 0 Å². The van der Waals surface area contributed by atoms with Crippen LogP contribution in [0.15, 0.2) is 76.5 Å². The molecule has 0 atom stereocenters. The second kappa shape index (κ2) is 9.39. The summed E-state index contributed by atoms with van der Waals surface area (Å²) in [5, 5.41) is 0. The number of carbonyl (C=O) groups excluding carboxylic acids is 2. The van der Waals surface area contributed by atoms with E-state index in [2.05, 4.69) is 24.3 Å². The Morgan fingerprint density at radius 1 is 0.944 bits per heavy atom. The second-order valence-corrected chi connectivity index (χ2v) is 10.6. The van der Waals surface area contributed by atoms with Crippen LogP contribution >= 0.6 is 11.8 Å². The molecule has 3 heterocycles. The van der Waals surface area contributed by atoms with Crippen molar-refractivity contribution < 1.29 is 19.1 Å². The highest BCUT2D eigenvalue weighted by Gasteiger charge is 2.41. The smallest absolute Gasteiger partial charge is 0.259 e. The number of hydrogen-bond donors (Lipinski definition) is 0. The Morgan fingerprint density at radius 2 is 1.67 bits per heavy atom. The van der Waals surface area contributed by atoms with Crippen LogP contribution in [0.3, 0.4) is 0 Å². The summed E-state index contributed by atoms with van der Waals surface area (Å²) >= 11 is 1.57. The highest BCUT2D eigenvalue weighted by atomic mass is 32.2. The van der Waals surface area contributed by atoms with Gasteiger partial charge in [-0.1, -0.05) is 53.7 Å². The van der Waals surface area contributed by atoms with E-state index in [9.17, 15) is 9.59 Å². The summed E-state index contributed by atoms with van der Waals surface area (Å²) in [6, 6.07) is 21.7. The zero-order chi connectivity index (χ0) is 24.7. The minimum Gasteiger partial charge on any atom is -0.347 e. The number of likely N-dealkylation sites (tertiary alicyclic amines) is 1. The van der Waals surface area contributed by atoms with E-state index >= 15 is 0 Å². The molecule has 2 amide bonds. The minimum absolute atomic E-state index is 0.0276. The lowest BCUT2D eigenvalue weighted by atomic mass is 10.0. The van der Waals surface area contributed by atoms with Crippen molar-refractivity contribution in [1.29, 1.82) is 0 Å². The number of fused-ring (bicyclic) bond motifs is 2. The highest BCUT2D eigenvalue weighted by molar-refractivity contribution is 7.99. The van der Waals surface area contributed by atoms with Crippen molar-refractivity contribution in [3.8, 4) is 0 Å². The molecule has 0 saturated carbocycles. The van der Waals surface area contributed by atoms with Crippen LogP contribution in [-0.2, 0) is 16.0 Å². The second-order valence-electron chi connectivity index (χ2n) is 9.56. The van der Waals surface area contributed by atoms with Crippen molar-refractivity contribution in [1.82, 2.24) is 4.90 Å². The molecule has 7 heteroatoms. The van der Waals surface area contributed by atoms with Gasteiger partial charge in [-0.2, -0.15) is 0 Å². The number of ether oxygens (including phenoxy) is 2. The van der Waals surface area contributed by atoms with E-state index in [1.54, 1.807) is 16.7 Å². The Labute approximate surface area is 215 Å². The van der Waals surface area contributed by atoms with Gasteiger partial charge in [-0.25, -0.2) is 0 Å². The van der Waals surface area contributed by atoms with Crippen molar-refractivity contribution in [3.63, 3.8) is 0 Å². The summed E-state index contributed by atoms with van der Waals surface area (Å²) < 4.78 is 11.6. The SMILES string of the molecule is Cc1ccc(CN2C(=O)c3ccccc3Sc3ccc(C(=O)N4CCC5(CC4)OCCO5)cc32)cc1. The number of rotatable bonds is 3. The number of amides is 2. The van der Waals surface area contributed by atoms with E-state index < -0.39 is 5.79 Å². The molecule has 2 fully saturated rings. The molecule has 0 radical (unpaired) electrons. The quantitative estimate of drug-likeness (QED) is 0.489.